The first-order valence-electron chi connectivity index (χ1n) is 5.77. The van der Waals surface area contributed by atoms with Crippen LogP contribution < -0.4 is 10.1 Å². The van der Waals surface area contributed by atoms with E-state index in [1.54, 1.807) is 19.1 Å². The summed E-state index contributed by atoms with van der Waals surface area (Å²) in [7, 11) is 1.48. The molecule has 0 aliphatic rings. The summed E-state index contributed by atoms with van der Waals surface area (Å²) in [5, 5.41) is 3.16. The summed E-state index contributed by atoms with van der Waals surface area (Å²) in [4.78, 5) is 22.6. The fraction of sp³-hybridized carbons (Fsp3) is 0.385. The van der Waals surface area contributed by atoms with Crippen LogP contribution in [0.15, 0.2) is 12.1 Å². The van der Waals surface area contributed by atoms with Gasteiger partial charge in [-0.2, -0.15) is 0 Å². The highest BCUT2D eigenvalue weighted by molar-refractivity contribution is 6.31. The molecule has 104 valence electrons. The van der Waals surface area contributed by atoms with Gasteiger partial charge in [0.1, 0.15) is 5.75 Å². The number of hydrogen-bond acceptors (Lipinski definition) is 4. The lowest BCUT2D eigenvalue weighted by Gasteiger charge is -2.12. The average Bonchev–Trinajstić information content (AvgIpc) is 2.39. The highest BCUT2D eigenvalue weighted by Crippen LogP contribution is 2.30. The highest BCUT2D eigenvalue weighted by Gasteiger charge is 2.11. The first-order chi connectivity index (χ1) is 8.97. The quantitative estimate of drug-likeness (QED) is 0.845. The number of benzene rings is 1. The summed E-state index contributed by atoms with van der Waals surface area (Å²) >= 11 is 5.96. The van der Waals surface area contributed by atoms with Gasteiger partial charge in [0.25, 0.3) is 5.91 Å². The molecule has 0 saturated heterocycles. The molecule has 0 aliphatic carbocycles. The first kappa shape index (κ1) is 15.3. The lowest BCUT2D eigenvalue weighted by molar-refractivity contribution is -0.146. The molecular formula is C13H16ClNO4. The smallest absolute Gasteiger partial charge is 0.306 e. The molecule has 6 heteroatoms. The average molecular weight is 286 g/mol. The van der Waals surface area contributed by atoms with Crippen LogP contribution in [-0.2, 0) is 14.3 Å². The number of nitrogens with one attached hydrogen (secondary N) is 1. The molecule has 0 heterocycles. The minimum Gasteiger partial charge on any atom is -0.495 e. The van der Waals surface area contributed by atoms with E-state index in [0.29, 0.717) is 16.5 Å². The van der Waals surface area contributed by atoms with Gasteiger partial charge < -0.3 is 14.8 Å². The predicted octanol–water partition coefficient (Wildman–Crippen LogP) is 2.55. The van der Waals surface area contributed by atoms with E-state index in [2.05, 4.69) is 5.32 Å². The number of ether oxygens (including phenoxy) is 2. The fourth-order valence-corrected chi connectivity index (χ4v) is 1.52. The molecule has 0 atom stereocenters. The number of anilines is 1. The molecular weight excluding hydrogens is 270 g/mol. The van der Waals surface area contributed by atoms with Crippen LogP contribution in [0.1, 0.15) is 18.9 Å². The molecule has 0 unspecified atom stereocenters. The maximum Gasteiger partial charge on any atom is 0.306 e. The number of methoxy groups -OCH3 is 1. The van der Waals surface area contributed by atoms with Crippen LogP contribution in [0.5, 0.6) is 5.75 Å². The summed E-state index contributed by atoms with van der Waals surface area (Å²) < 4.78 is 9.86. The molecule has 0 radical (unpaired) electrons. The van der Waals surface area contributed by atoms with Crippen molar-refractivity contribution in [1.29, 1.82) is 0 Å². The van der Waals surface area contributed by atoms with Crippen LogP contribution in [0.4, 0.5) is 5.69 Å². The highest BCUT2D eigenvalue weighted by atomic mass is 35.5. The van der Waals surface area contributed by atoms with Gasteiger partial charge in [-0.1, -0.05) is 18.5 Å². The maximum absolute atomic E-state index is 11.6. The van der Waals surface area contributed by atoms with Gasteiger partial charge in [0.2, 0.25) is 0 Å². The van der Waals surface area contributed by atoms with Crippen molar-refractivity contribution in [2.45, 2.75) is 20.3 Å². The van der Waals surface area contributed by atoms with Crippen molar-refractivity contribution >= 4 is 29.2 Å². The van der Waals surface area contributed by atoms with Crippen molar-refractivity contribution in [3.8, 4) is 5.75 Å². The van der Waals surface area contributed by atoms with Gasteiger partial charge in [-0.15, -0.1) is 0 Å². The van der Waals surface area contributed by atoms with Crippen LogP contribution in [-0.4, -0.2) is 25.6 Å². The molecule has 0 bridgehead atoms. The predicted molar refractivity (Wildman–Crippen MR) is 72.6 cm³/mol. The SMILES string of the molecule is CCC(=O)OCC(=O)Nc1cc(C)c(Cl)cc1OC. The first-order valence-corrected chi connectivity index (χ1v) is 6.15. The number of carbonyl (C=O) groups is 2. The Morgan fingerprint density at radius 3 is 2.63 bits per heavy atom. The third-order valence-electron chi connectivity index (χ3n) is 2.41. The van der Waals surface area contributed by atoms with E-state index >= 15 is 0 Å². The second kappa shape index (κ2) is 6.99. The second-order valence-corrected chi connectivity index (χ2v) is 4.27. The molecule has 1 rings (SSSR count). The van der Waals surface area contributed by atoms with Crippen LogP contribution in [0.3, 0.4) is 0 Å². The molecule has 1 aromatic carbocycles. The number of esters is 1. The Balaban J connectivity index is 2.73. The lowest BCUT2D eigenvalue weighted by Crippen LogP contribution is -2.20. The standard InChI is InChI=1S/C13H16ClNO4/c1-4-13(17)19-7-12(16)15-10-5-8(2)9(14)6-11(10)18-3/h5-6H,4,7H2,1-3H3,(H,15,16). The zero-order valence-corrected chi connectivity index (χ0v) is 11.8. The Morgan fingerprint density at radius 2 is 2.05 bits per heavy atom. The minimum absolute atomic E-state index is 0.233. The molecule has 1 N–H and O–H groups in total. The molecule has 0 fully saturated rings. The van der Waals surface area contributed by atoms with Gasteiger partial charge in [0, 0.05) is 17.5 Å². The van der Waals surface area contributed by atoms with Crippen LogP contribution in [0, 0.1) is 6.92 Å². The fourth-order valence-electron chi connectivity index (χ4n) is 1.36. The van der Waals surface area contributed by atoms with E-state index in [9.17, 15) is 9.59 Å². The zero-order chi connectivity index (χ0) is 14.4. The van der Waals surface area contributed by atoms with Crippen molar-refractivity contribution in [3.05, 3.63) is 22.7 Å². The van der Waals surface area contributed by atoms with Gasteiger partial charge in [0.15, 0.2) is 6.61 Å². The van der Waals surface area contributed by atoms with E-state index in [1.807, 2.05) is 6.92 Å². The van der Waals surface area contributed by atoms with Crippen molar-refractivity contribution in [3.63, 3.8) is 0 Å². The van der Waals surface area contributed by atoms with E-state index in [0.717, 1.165) is 5.56 Å². The maximum atomic E-state index is 11.6. The van der Waals surface area contributed by atoms with Crippen LogP contribution in [0.2, 0.25) is 5.02 Å². The zero-order valence-electron chi connectivity index (χ0n) is 11.1. The van der Waals surface area contributed by atoms with Gasteiger partial charge in [-0.3, -0.25) is 9.59 Å². The Hall–Kier alpha value is -1.75. The number of hydrogen-bond donors (Lipinski definition) is 1. The number of carbonyl (C=O) groups excluding carboxylic acids is 2. The molecule has 1 amide bonds. The van der Waals surface area contributed by atoms with E-state index < -0.39 is 11.9 Å². The van der Waals surface area contributed by atoms with Gasteiger partial charge in [-0.05, 0) is 18.6 Å². The Labute approximate surface area is 116 Å². The summed E-state index contributed by atoms with van der Waals surface area (Å²) in [6, 6.07) is 3.31. The molecule has 1 aromatic rings. The largest absolute Gasteiger partial charge is 0.495 e. The van der Waals surface area contributed by atoms with Gasteiger partial charge in [0.05, 0.1) is 12.8 Å². The third-order valence-corrected chi connectivity index (χ3v) is 2.81. The summed E-state index contributed by atoms with van der Waals surface area (Å²) in [5.41, 5.74) is 1.30. The normalized spacial score (nSPS) is 9.89. The third kappa shape index (κ3) is 4.44. The van der Waals surface area contributed by atoms with E-state index in [-0.39, 0.29) is 13.0 Å². The Morgan fingerprint density at radius 1 is 1.37 bits per heavy atom. The van der Waals surface area contributed by atoms with E-state index in [4.69, 9.17) is 21.1 Å². The van der Waals surface area contributed by atoms with Crippen molar-refractivity contribution in [2.75, 3.05) is 19.0 Å². The summed E-state index contributed by atoms with van der Waals surface area (Å²) in [6.07, 6.45) is 0.233. The van der Waals surface area contributed by atoms with Crippen molar-refractivity contribution < 1.29 is 19.1 Å². The van der Waals surface area contributed by atoms with Crippen molar-refractivity contribution in [1.82, 2.24) is 0 Å². The molecule has 19 heavy (non-hydrogen) atoms. The molecule has 5 nitrogen and oxygen atoms in total. The Bertz CT molecular complexity index is 488. The van der Waals surface area contributed by atoms with Crippen LogP contribution in [0.25, 0.3) is 0 Å². The number of halogens is 1. The monoisotopic (exact) mass is 285 g/mol. The van der Waals surface area contributed by atoms with Crippen LogP contribution >= 0.6 is 11.6 Å². The minimum atomic E-state index is -0.429. The number of rotatable bonds is 5. The van der Waals surface area contributed by atoms with Gasteiger partial charge >= 0.3 is 5.97 Å². The van der Waals surface area contributed by atoms with E-state index in [1.165, 1.54) is 7.11 Å². The second-order valence-electron chi connectivity index (χ2n) is 3.86. The van der Waals surface area contributed by atoms with Crippen molar-refractivity contribution in [2.24, 2.45) is 0 Å². The summed E-state index contributed by atoms with van der Waals surface area (Å²) in [6.45, 7) is 3.15. The van der Waals surface area contributed by atoms with Gasteiger partial charge in [-0.25, -0.2) is 0 Å². The lowest BCUT2D eigenvalue weighted by atomic mass is 10.2. The topological polar surface area (TPSA) is 64.6 Å². The molecule has 0 aliphatic heterocycles. The number of aryl methyl sites for hydroxylation is 1. The molecule has 0 aromatic heterocycles. The number of amides is 1. The molecule has 0 spiro atoms. The Kier molecular flexibility index (Phi) is 5.63. The molecule has 0 saturated carbocycles. The summed E-state index contributed by atoms with van der Waals surface area (Å²) in [5.74, 6) is -0.401.